The molecule has 0 spiro atoms. The average Bonchev–Trinajstić information content (AvgIpc) is 2.95. The maximum absolute atomic E-state index is 11.9. The van der Waals surface area contributed by atoms with Gasteiger partial charge in [-0.15, -0.1) is 0 Å². The molecule has 0 aliphatic carbocycles. The molecular formula is C11H16N4O3. The van der Waals surface area contributed by atoms with Crippen LogP contribution in [0.3, 0.4) is 0 Å². The van der Waals surface area contributed by atoms with Gasteiger partial charge in [0, 0.05) is 19.5 Å². The molecule has 1 aliphatic heterocycles. The first-order valence-electron chi connectivity index (χ1n) is 5.85. The zero-order valence-electron chi connectivity index (χ0n) is 10.2. The van der Waals surface area contributed by atoms with Crippen LogP contribution in [0.25, 0.3) is 0 Å². The highest BCUT2D eigenvalue weighted by atomic mass is 16.4. The molecule has 0 saturated carbocycles. The molecule has 18 heavy (non-hydrogen) atoms. The van der Waals surface area contributed by atoms with Crippen molar-refractivity contribution in [2.45, 2.75) is 26.3 Å². The summed E-state index contributed by atoms with van der Waals surface area (Å²) in [5.41, 5.74) is -0.803. The zero-order chi connectivity index (χ0) is 13.2. The fraction of sp³-hybridized carbons (Fsp3) is 0.636. The lowest BCUT2D eigenvalue weighted by atomic mass is 9.90. The number of aromatic nitrogens is 3. The topological polar surface area (TPSA) is 88.3 Å². The molecule has 0 radical (unpaired) electrons. The van der Waals surface area contributed by atoms with Gasteiger partial charge in [0.25, 0.3) is 0 Å². The van der Waals surface area contributed by atoms with Crippen molar-refractivity contribution in [3.05, 3.63) is 12.7 Å². The van der Waals surface area contributed by atoms with E-state index in [-0.39, 0.29) is 5.91 Å². The summed E-state index contributed by atoms with van der Waals surface area (Å²) in [4.78, 5) is 28.4. The summed E-state index contributed by atoms with van der Waals surface area (Å²) in [6.45, 7) is 2.96. The average molecular weight is 252 g/mol. The smallest absolute Gasteiger partial charge is 0.311 e. The van der Waals surface area contributed by atoms with Crippen molar-refractivity contribution in [1.29, 1.82) is 0 Å². The minimum Gasteiger partial charge on any atom is -0.481 e. The highest BCUT2D eigenvalue weighted by Crippen LogP contribution is 2.30. The van der Waals surface area contributed by atoms with Crippen molar-refractivity contribution < 1.29 is 14.7 Å². The Morgan fingerprint density at radius 3 is 2.83 bits per heavy atom. The molecule has 1 fully saturated rings. The van der Waals surface area contributed by atoms with Gasteiger partial charge < -0.3 is 10.0 Å². The van der Waals surface area contributed by atoms with Crippen LogP contribution in [0.15, 0.2) is 12.7 Å². The number of hydrogen-bond donors (Lipinski definition) is 1. The second kappa shape index (κ2) is 4.75. The molecule has 1 saturated heterocycles. The van der Waals surface area contributed by atoms with E-state index in [0.29, 0.717) is 32.5 Å². The number of amides is 1. The Labute approximate surface area is 104 Å². The number of carboxylic acids is 1. The van der Waals surface area contributed by atoms with E-state index in [0.717, 1.165) is 0 Å². The number of hydrogen-bond acceptors (Lipinski definition) is 4. The Bertz CT molecular complexity index is 445. The third-order valence-electron chi connectivity index (χ3n) is 3.36. The Kier molecular flexibility index (Phi) is 3.31. The maximum atomic E-state index is 11.9. The van der Waals surface area contributed by atoms with Gasteiger partial charge in [0.05, 0.1) is 12.0 Å². The monoisotopic (exact) mass is 252 g/mol. The summed E-state index contributed by atoms with van der Waals surface area (Å²) in [7, 11) is 0. The molecule has 1 atom stereocenters. The maximum Gasteiger partial charge on any atom is 0.311 e. The van der Waals surface area contributed by atoms with Gasteiger partial charge in [-0.1, -0.05) is 0 Å². The van der Waals surface area contributed by atoms with Crippen LogP contribution in [0.1, 0.15) is 19.8 Å². The van der Waals surface area contributed by atoms with Gasteiger partial charge in [-0.05, 0) is 13.3 Å². The molecule has 1 aliphatic rings. The van der Waals surface area contributed by atoms with Gasteiger partial charge in [-0.2, -0.15) is 5.10 Å². The molecular weight excluding hydrogens is 236 g/mol. The van der Waals surface area contributed by atoms with E-state index in [1.807, 2.05) is 0 Å². The van der Waals surface area contributed by atoms with Crippen LogP contribution in [0.2, 0.25) is 0 Å². The third-order valence-corrected chi connectivity index (χ3v) is 3.36. The van der Waals surface area contributed by atoms with Crippen LogP contribution in [-0.2, 0) is 16.1 Å². The molecule has 0 unspecified atom stereocenters. The van der Waals surface area contributed by atoms with Crippen LogP contribution in [-0.4, -0.2) is 49.7 Å². The fourth-order valence-electron chi connectivity index (χ4n) is 2.07. The minimum absolute atomic E-state index is 0.0320. The Morgan fingerprint density at radius 1 is 1.50 bits per heavy atom. The second-order valence-electron chi connectivity index (χ2n) is 4.84. The van der Waals surface area contributed by atoms with E-state index in [9.17, 15) is 9.59 Å². The summed E-state index contributed by atoms with van der Waals surface area (Å²) < 4.78 is 1.59. The van der Waals surface area contributed by atoms with Gasteiger partial charge in [0.15, 0.2) is 0 Å². The van der Waals surface area contributed by atoms with Crippen molar-refractivity contribution in [1.82, 2.24) is 19.7 Å². The van der Waals surface area contributed by atoms with Crippen LogP contribution in [0.4, 0.5) is 0 Å². The number of nitrogens with zero attached hydrogens (tertiary/aromatic N) is 4. The first-order chi connectivity index (χ1) is 8.51. The SMILES string of the molecule is C[C@@]1(C(=O)O)CCN(C(=O)CCn2cncn2)C1. The van der Waals surface area contributed by atoms with Crippen LogP contribution < -0.4 is 0 Å². The Balaban J connectivity index is 1.86. The molecule has 2 rings (SSSR count). The number of aryl methyl sites for hydroxylation is 1. The van der Waals surface area contributed by atoms with Gasteiger partial charge >= 0.3 is 5.97 Å². The van der Waals surface area contributed by atoms with E-state index in [2.05, 4.69) is 10.1 Å². The zero-order valence-corrected chi connectivity index (χ0v) is 10.2. The lowest BCUT2D eigenvalue weighted by Gasteiger charge is -2.20. The summed E-state index contributed by atoms with van der Waals surface area (Å²) in [6, 6.07) is 0. The molecule has 1 aromatic heterocycles. The molecule has 0 bridgehead atoms. The predicted molar refractivity (Wildman–Crippen MR) is 61.6 cm³/mol. The van der Waals surface area contributed by atoms with Gasteiger partial charge in [0.1, 0.15) is 12.7 Å². The number of carboxylic acid groups (broad SMARTS) is 1. The Morgan fingerprint density at radius 2 is 2.28 bits per heavy atom. The van der Waals surface area contributed by atoms with Crippen molar-refractivity contribution in [2.24, 2.45) is 5.41 Å². The number of carbonyl (C=O) groups excluding carboxylic acids is 1. The van der Waals surface area contributed by atoms with E-state index < -0.39 is 11.4 Å². The van der Waals surface area contributed by atoms with Gasteiger partial charge in [0.2, 0.25) is 5.91 Å². The fourth-order valence-corrected chi connectivity index (χ4v) is 2.07. The minimum atomic E-state index is -0.839. The van der Waals surface area contributed by atoms with E-state index in [4.69, 9.17) is 5.11 Å². The summed E-state index contributed by atoms with van der Waals surface area (Å²) >= 11 is 0. The van der Waals surface area contributed by atoms with Gasteiger partial charge in [-0.25, -0.2) is 4.98 Å². The van der Waals surface area contributed by atoms with Crippen LogP contribution >= 0.6 is 0 Å². The van der Waals surface area contributed by atoms with Crippen LogP contribution in [0, 0.1) is 5.41 Å². The molecule has 7 nitrogen and oxygen atoms in total. The van der Waals surface area contributed by atoms with Crippen molar-refractivity contribution in [3.63, 3.8) is 0 Å². The van der Waals surface area contributed by atoms with Crippen molar-refractivity contribution >= 4 is 11.9 Å². The highest BCUT2D eigenvalue weighted by molar-refractivity contribution is 5.80. The number of rotatable bonds is 4. The van der Waals surface area contributed by atoms with Gasteiger partial charge in [-0.3, -0.25) is 14.3 Å². The quantitative estimate of drug-likeness (QED) is 0.814. The molecule has 1 aromatic rings. The Hall–Kier alpha value is -1.92. The first kappa shape index (κ1) is 12.5. The first-order valence-corrected chi connectivity index (χ1v) is 5.85. The van der Waals surface area contributed by atoms with E-state index in [1.165, 1.54) is 6.33 Å². The standard InChI is InChI=1S/C11H16N4O3/c1-11(10(17)18)3-5-14(6-11)9(16)2-4-15-8-12-7-13-15/h7-8H,2-6H2,1H3,(H,17,18)/t11-/m1/s1. The third kappa shape index (κ3) is 2.49. The molecule has 2 heterocycles. The molecule has 1 amide bonds. The summed E-state index contributed by atoms with van der Waals surface area (Å²) in [6.07, 6.45) is 3.80. The summed E-state index contributed by atoms with van der Waals surface area (Å²) in [5.74, 6) is -0.871. The lowest BCUT2D eigenvalue weighted by molar-refractivity contribution is -0.147. The van der Waals surface area contributed by atoms with E-state index >= 15 is 0 Å². The number of carbonyl (C=O) groups is 2. The molecule has 98 valence electrons. The molecule has 7 heteroatoms. The molecule has 1 N–H and O–H groups in total. The second-order valence-corrected chi connectivity index (χ2v) is 4.84. The number of likely N-dealkylation sites (tertiary alicyclic amines) is 1. The lowest BCUT2D eigenvalue weighted by Crippen LogP contribution is -2.35. The normalized spacial score (nSPS) is 23.3. The van der Waals surface area contributed by atoms with Crippen LogP contribution in [0.5, 0.6) is 0 Å². The van der Waals surface area contributed by atoms with Crippen molar-refractivity contribution in [2.75, 3.05) is 13.1 Å². The predicted octanol–water partition coefficient (Wildman–Crippen LogP) is -0.00860. The molecule has 0 aromatic carbocycles. The van der Waals surface area contributed by atoms with Crippen molar-refractivity contribution in [3.8, 4) is 0 Å². The summed E-state index contributed by atoms with van der Waals surface area (Å²) in [5, 5.41) is 13.0. The largest absolute Gasteiger partial charge is 0.481 e. The highest BCUT2D eigenvalue weighted by Gasteiger charge is 2.41. The van der Waals surface area contributed by atoms with E-state index in [1.54, 1.807) is 22.8 Å². The number of aliphatic carboxylic acids is 1.